The fraction of sp³-hybridized carbons (Fsp3) is 0.280. The van der Waals surface area contributed by atoms with Crippen molar-refractivity contribution in [3.63, 3.8) is 0 Å². The number of likely N-dealkylation sites (N-methyl/N-ethyl adjacent to an activating group) is 1. The van der Waals surface area contributed by atoms with Crippen LogP contribution in [0.1, 0.15) is 35.1 Å². The molecule has 4 rings (SSSR count). The number of hydrogen-bond donors (Lipinski definition) is 1. The van der Waals surface area contributed by atoms with E-state index >= 15 is 0 Å². The third-order valence-electron chi connectivity index (χ3n) is 5.47. The molecule has 0 bridgehead atoms. The van der Waals surface area contributed by atoms with Gasteiger partial charge in [0.2, 0.25) is 0 Å². The Bertz CT molecular complexity index is 857. The van der Waals surface area contributed by atoms with Gasteiger partial charge in [0.05, 0.1) is 0 Å². The fourth-order valence-corrected chi connectivity index (χ4v) is 4.12. The number of fused-ring (bicyclic) bond motifs is 1. The first-order valence-electron chi connectivity index (χ1n) is 9.90. The third-order valence-corrected chi connectivity index (χ3v) is 5.47. The van der Waals surface area contributed by atoms with Gasteiger partial charge in [-0.15, -0.1) is 0 Å². The van der Waals surface area contributed by atoms with Gasteiger partial charge in [0.25, 0.3) is 0 Å². The molecule has 2 heteroatoms. The Balaban J connectivity index is 1.43. The van der Waals surface area contributed by atoms with Crippen LogP contribution in [0, 0.1) is 0 Å². The highest BCUT2D eigenvalue weighted by Gasteiger charge is 2.31. The van der Waals surface area contributed by atoms with E-state index in [1.807, 2.05) is 18.2 Å². The lowest BCUT2D eigenvalue weighted by Gasteiger charge is -2.21. The average molecular weight is 357 g/mol. The lowest BCUT2D eigenvalue weighted by molar-refractivity contribution is 0.306. The molecule has 0 radical (unpaired) electrons. The Morgan fingerprint density at radius 3 is 2.37 bits per heavy atom. The molecule has 0 aliphatic heterocycles. The highest BCUT2D eigenvalue weighted by Crippen LogP contribution is 2.36. The van der Waals surface area contributed by atoms with Crippen molar-refractivity contribution < 1.29 is 4.74 Å². The Labute approximate surface area is 162 Å². The first-order chi connectivity index (χ1) is 13.3. The normalized spacial score (nSPS) is 18.3. The zero-order chi connectivity index (χ0) is 18.5. The Hall–Kier alpha value is -2.58. The Kier molecular flexibility index (Phi) is 5.55. The predicted octanol–water partition coefficient (Wildman–Crippen LogP) is 5.13. The highest BCUT2D eigenvalue weighted by atomic mass is 16.5. The molecule has 0 heterocycles. The van der Waals surface area contributed by atoms with Gasteiger partial charge in [-0.2, -0.15) is 0 Å². The summed E-state index contributed by atoms with van der Waals surface area (Å²) in [7, 11) is 0. The minimum Gasteiger partial charge on any atom is -0.489 e. The topological polar surface area (TPSA) is 21.3 Å². The second kappa shape index (κ2) is 8.41. The summed E-state index contributed by atoms with van der Waals surface area (Å²) >= 11 is 0. The number of hydrogen-bond acceptors (Lipinski definition) is 2. The van der Waals surface area contributed by atoms with Crippen molar-refractivity contribution in [2.45, 2.75) is 38.3 Å². The number of ether oxygens (including phenoxy) is 1. The summed E-state index contributed by atoms with van der Waals surface area (Å²) in [4.78, 5) is 0. The van der Waals surface area contributed by atoms with Crippen molar-refractivity contribution in [1.29, 1.82) is 0 Å². The standard InChI is InChI=1S/C25H27NO/c1-2-26-25-17-21-10-6-7-11-23(21)24(25)16-19-12-14-22(15-13-19)27-18-20-8-4-3-5-9-20/h3-15,24-26H,2,16-18H2,1H3/t24-,25-/m1/s1. The van der Waals surface area contributed by atoms with Crippen LogP contribution in [0.2, 0.25) is 0 Å². The van der Waals surface area contributed by atoms with Crippen LogP contribution in [0.3, 0.4) is 0 Å². The maximum atomic E-state index is 5.92. The second-order valence-corrected chi connectivity index (χ2v) is 7.30. The molecule has 2 nitrogen and oxygen atoms in total. The van der Waals surface area contributed by atoms with Crippen LogP contribution in [0.4, 0.5) is 0 Å². The van der Waals surface area contributed by atoms with Gasteiger partial charge in [-0.1, -0.05) is 73.7 Å². The molecule has 0 aromatic heterocycles. The number of rotatable bonds is 7. The van der Waals surface area contributed by atoms with Gasteiger partial charge in [-0.3, -0.25) is 0 Å². The molecule has 1 N–H and O–H groups in total. The van der Waals surface area contributed by atoms with Crippen LogP contribution >= 0.6 is 0 Å². The summed E-state index contributed by atoms with van der Waals surface area (Å²) in [6.45, 7) is 3.82. The lowest BCUT2D eigenvalue weighted by Crippen LogP contribution is -2.33. The molecule has 0 saturated heterocycles. The van der Waals surface area contributed by atoms with E-state index in [0.717, 1.165) is 25.1 Å². The van der Waals surface area contributed by atoms with Gasteiger partial charge in [-0.05, 0) is 53.8 Å². The summed E-state index contributed by atoms with van der Waals surface area (Å²) in [5.41, 5.74) is 5.56. The molecule has 0 spiro atoms. The highest BCUT2D eigenvalue weighted by molar-refractivity contribution is 5.40. The second-order valence-electron chi connectivity index (χ2n) is 7.30. The molecule has 0 saturated carbocycles. The van der Waals surface area contributed by atoms with Crippen molar-refractivity contribution >= 4 is 0 Å². The molecular formula is C25H27NO. The first-order valence-corrected chi connectivity index (χ1v) is 9.90. The lowest BCUT2D eigenvalue weighted by atomic mass is 9.91. The summed E-state index contributed by atoms with van der Waals surface area (Å²) < 4.78 is 5.92. The first kappa shape index (κ1) is 17.8. The Morgan fingerprint density at radius 2 is 1.59 bits per heavy atom. The molecule has 3 aromatic carbocycles. The molecule has 1 aliphatic carbocycles. The fourth-order valence-electron chi connectivity index (χ4n) is 4.12. The van der Waals surface area contributed by atoms with Crippen LogP contribution in [-0.2, 0) is 19.4 Å². The van der Waals surface area contributed by atoms with Gasteiger partial charge in [-0.25, -0.2) is 0 Å². The van der Waals surface area contributed by atoms with Gasteiger partial charge in [0.15, 0.2) is 0 Å². The van der Waals surface area contributed by atoms with E-state index in [1.54, 1.807) is 0 Å². The van der Waals surface area contributed by atoms with Gasteiger partial charge in [0, 0.05) is 12.0 Å². The SMILES string of the molecule is CCN[C@@H]1Cc2ccccc2[C@H]1Cc1ccc(OCc2ccccc2)cc1. The quantitative estimate of drug-likeness (QED) is 0.633. The minimum absolute atomic E-state index is 0.529. The molecule has 138 valence electrons. The van der Waals surface area contributed by atoms with Crippen LogP contribution in [0.15, 0.2) is 78.9 Å². The molecule has 2 atom stereocenters. The van der Waals surface area contributed by atoms with Crippen molar-refractivity contribution in [3.05, 3.63) is 101 Å². The van der Waals surface area contributed by atoms with Crippen molar-refractivity contribution in [3.8, 4) is 5.75 Å². The molecule has 27 heavy (non-hydrogen) atoms. The van der Waals surface area contributed by atoms with E-state index in [2.05, 4.69) is 72.9 Å². The predicted molar refractivity (Wildman–Crippen MR) is 111 cm³/mol. The van der Waals surface area contributed by atoms with E-state index in [4.69, 9.17) is 4.74 Å². The zero-order valence-electron chi connectivity index (χ0n) is 15.9. The maximum Gasteiger partial charge on any atom is 0.119 e. The molecule has 0 fully saturated rings. The van der Waals surface area contributed by atoms with Gasteiger partial charge < -0.3 is 10.1 Å². The minimum atomic E-state index is 0.529. The van der Waals surface area contributed by atoms with Crippen molar-refractivity contribution in [1.82, 2.24) is 5.32 Å². The van der Waals surface area contributed by atoms with Gasteiger partial charge >= 0.3 is 0 Å². The van der Waals surface area contributed by atoms with E-state index in [-0.39, 0.29) is 0 Å². The molecule has 1 aliphatic rings. The molecular weight excluding hydrogens is 330 g/mol. The summed E-state index contributed by atoms with van der Waals surface area (Å²) in [5, 5.41) is 3.69. The van der Waals surface area contributed by atoms with Crippen LogP contribution < -0.4 is 10.1 Å². The van der Waals surface area contributed by atoms with E-state index in [1.165, 1.54) is 22.3 Å². The van der Waals surface area contributed by atoms with E-state index < -0.39 is 0 Å². The summed E-state index contributed by atoms with van der Waals surface area (Å²) in [6, 6.07) is 28.3. The van der Waals surface area contributed by atoms with Crippen LogP contribution in [-0.4, -0.2) is 12.6 Å². The third kappa shape index (κ3) is 4.23. The summed E-state index contributed by atoms with van der Waals surface area (Å²) in [6.07, 6.45) is 2.20. The van der Waals surface area contributed by atoms with Crippen molar-refractivity contribution in [2.75, 3.05) is 6.54 Å². The zero-order valence-corrected chi connectivity index (χ0v) is 15.9. The largest absolute Gasteiger partial charge is 0.489 e. The molecule has 3 aromatic rings. The number of nitrogens with one attached hydrogen (secondary N) is 1. The average Bonchev–Trinajstić information content (AvgIpc) is 3.06. The van der Waals surface area contributed by atoms with E-state index in [9.17, 15) is 0 Å². The van der Waals surface area contributed by atoms with Gasteiger partial charge in [0.1, 0.15) is 12.4 Å². The smallest absolute Gasteiger partial charge is 0.119 e. The maximum absolute atomic E-state index is 5.92. The van der Waals surface area contributed by atoms with Crippen molar-refractivity contribution in [2.24, 2.45) is 0 Å². The molecule has 0 amide bonds. The molecule has 0 unspecified atom stereocenters. The van der Waals surface area contributed by atoms with E-state index in [0.29, 0.717) is 18.6 Å². The van der Waals surface area contributed by atoms with Crippen LogP contribution in [0.5, 0.6) is 5.75 Å². The summed E-state index contributed by atoms with van der Waals surface area (Å²) in [5.74, 6) is 1.47. The monoisotopic (exact) mass is 357 g/mol. The Morgan fingerprint density at radius 1 is 0.852 bits per heavy atom. The van der Waals surface area contributed by atoms with Crippen LogP contribution in [0.25, 0.3) is 0 Å². The number of benzene rings is 3.